The van der Waals surface area contributed by atoms with Gasteiger partial charge in [0.25, 0.3) is 0 Å². The van der Waals surface area contributed by atoms with Crippen molar-refractivity contribution in [2.75, 3.05) is 33.8 Å². The lowest BCUT2D eigenvalue weighted by Crippen LogP contribution is -2.45. The molecule has 0 aromatic heterocycles. The maximum atomic E-state index is 13.5. The lowest BCUT2D eigenvalue weighted by atomic mass is 10.0. The van der Waals surface area contributed by atoms with E-state index in [1.807, 2.05) is 55.6 Å². The summed E-state index contributed by atoms with van der Waals surface area (Å²) in [5, 5.41) is 2.70. The van der Waals surface area contributed by atoms with Crippen LogP contribution < -0.4 is 5.32 Å². The number of benzene rings is 2. The van der Waals surface area contributed by atoms with Gasteiger partial charge in [0.15, 0.2) is 0 Å². The Kier molecular flexibility index (Phi) is 7.25. The molecule has 6 nitrogen and oxygen atoms in total. The van der Waals surface area contributed by atoms with Gasteiger partial charge in [0.1, 0.15) is 6.04 Å². The number of likely N-dealkylation sites (tertiary alicyclic amines) is 1. The number of carbonyl (C=O) groups is 2. The lowest BCUT2D eigenvalue weighted by Gasteiger charge is -2.34. The number of rotatable bonds is 7. The van der Waals surface area contributed by atoms with Crippen LogP contribution in [0.15, 0.2) is 60.7 Å². The Morgan fingerprint density at radius 3 is 2.10 bits per heavy atom. The molecule has 0 unspecified atom stereocenters. The number of methoxy groups -OCH3 is 1. The third-order valence-corrected chi connectivity index (χ3v) is 5.46. The summed E-state index contributed by atoms with van der Waals surface area (Å²) in [6, 6.07) is 18.4. The first-order chi connectivity index (χ1) is 14.1. The second-order valence-corrected chi connectivity index (χ2v) is 7.36. The summed E-state index contributed by atoms with van der Waals surface area (Å²) < 4.78 is 4.76. The molecule has 1 heterocycles. The third-order valence-electron chi connectivity index (χ3n) is 5.46. The molecule has 1 N–H and O–H groups in total. The molecule has 0 radical (unpaired) electrons. The summed E-state index contributed by atoms with van der Waals surface area (Å²) in [7, 11) is 3.11. The number of ether oxygens (including phenoxy) is 1. The van der Waals surface area contributed by atoms with Crippen molar-refractivity contribution in [2.45, 2.75) is 24.9 Å². The van der Waals surface area contributed by atoms with Gasteiger partial charge in [-0.2, -0.15) is 0 Å². The molecule has 29 heavy (non-hydrogen) atoms. The van der Waals surface area contributed by atoms with Gasteiger partial charge in [-0.25, -0.2) is 4.79 Å². The predicted octanol–water partition coefficient (Wildman–Crippen LogP) is 3.38. The van der Waals surface area contributed by atoms with Gasteiger partial charge < -0.3 is 19.9 Å². The normalized spacial score (nSPS) is 16.1. The van der Waals surface area contributed by atoms with Crippen molar-refractivity contribution in [3.05, 3.63) is 71.8 Å². The van der Waals surface area contributed by atoms with Crippen molar-refractivity contribution in [3.63, 3.8) is 0 Å². The number of likely N-dealkylation sites (N-methyl/N-ethyl adjacent to an activating group) is 1. The zero-order valence-corrected chi connectivity index (χ0v) is 17.1. The summed E-state index contributed by atoms with van der Waals surface area (Å²) in [5.41, 5.74) is 1.81. The smallest absolute Gasteiger partial charge is 0.407 e. The molecule has 6 heteroatoms. The number of hydrogen-bond acceptors (Lipinski definition) is 4. The average molecular weight is 396 g/mol. The van der Waals surface area contributed by atoms with Crippen molar-refractivity contribution in [2.24, 2.45) is 0 Å². The number of nitrogens with zero attached hydrogens (tertiary/aromatic N) is 2. The Morgan fingerprint density at radius 1 is 1.00 bits per heavy atom. The van der Waals surface area contributed by atoms with Gasteiger partial charge in [-0.1, -0.05) is 60.7 Å². The van der Waals surface area contributed by atoms with E-state index in [-0.39, 0.29) is 11.9 Å². The third kappa shape index (κ3) is 5.35. The molecule has 2 amide bonds. The van der Waals surface area contributed by atoms with E-state index in [1.54, 1.807) is 4.90 Å². The number of carbonyl (C=O) groups excluding carboxylic acids is 2. The van der Waals surface area contributed by atoms with Gasteiger partial charge in [0, 0.05) is 13.6 Å². The van der Waals surface area contributed by atoms with Crippen molar-refractivity contribution in [3.8, 4) is 0 Å². The highest BCUT2D eigenvalue weighted by atomic mass is 16.5. The molecule has 3 rings (SSSR count). The summed E-state index contributed by atoms with van der Waals surface area (Å²) in [4.78, 5) is 29.6. The van der Waals surface area contributed by atoms with E-state index in [0.29, 0.717) is 0 Å². The summed E-state index contributed by atoms with van der Waals surface area (Å²) in [5.74, 6) is -0.172. The predicted molar refractivity (Wildman–Crippen MR) is 112 cm³/mol. The van der Waals surface area contributed by atoms with Crippen LogP contribution in [0.5, 0.6) is 0 Å². The fraction of sp³-hybridized carbons (Fsp3) is 0.391. The molecule has 0 aliphatic carbocycles. The van der Waals surface area contributed by atoms with E-state index < -0.39 is 12.1 Å². The van der Waals surface area contributed by atoms with Crippen molar-refractivity contribution < 1.29 is 14.3 Å². The minimum absolute atomic E-state index is 0.104. The molecule has 0 saturated carbocycles. The number of amides is 2. The topological polar surface area (TPSA) is 61.9 Å². The molecule has 0 spiro atoms. The van der Waals surface area contributed by atoms with E-state index in [9.17, 15) is 9.59 Å². The van der Waals surface area contributed by atoms with Crippen LogP contribution in [0.3, 0.4) is 0 Å². The van der Waals surface area contributed by atoms with Crippen molar-refractivity contribution in [1.82, 2.24) is 15.1 Å². The van der Waals surface area contributed by atoms with Gasteiger partial charge in [-0.05, 0) is 37.1 Å². The minimum atomic E-state index is -0.807. The standard InChI is InChI=1S/C23H29N3O3/c1-25(20(17-26-15-9-10-16-26)18-11-5-3-6-12-18)22(27)21(24-23(28)29-2)19-13-7-4-8-14-19/h3-8,11-14,20-21H,9-10,15-17H2,1-2H3,(H,24,28)/t20-,21+/m1/s1. The van der Waals surface area contributed by atoms with Crippen LogP contribution in [-0.4, -0.2) is 55.6 Å². The molecular formula is C23H29N3O3. The number of hydrogen-bond donors (Lipinski definition) is 1. The maximum absolute atomic E-state index is 13.5. The van der Waals surface area contributed by atoms with E-state index in [2.05, 4.69) is 22.3 Å². The molecular weight excluding hydrogens is 366 g/mol. The molecule has 1 aliphatic rings. The summed E-state index contributed by atoms with van der Waals surface area (Å²) in [6.07, 6.45) is 1.75. The SMILES string of the molecule is COC(=O)N[C@H](C(=O)N(C)[C@H](CN1CCCC1)c1ccccc1)c1ccccc1. The lowest BCUT2D eigenvalue weighted by molar-refractivity contribution is -0.134. The Hall–Kier alpha value is -2.86. The van der Waals surface area contributed by atoms with Gasteiger partial charge in [0.05, 0.1) is 13.2 Å². The quantitative estimate of drug-likeness (QED) is 0.781. The van der Waals surface area contributed by atoms with E-state index >= 15 is 0 Å². The first-order valence-electron chi connectivity index (χ1n) is 10.0. The Bertz CT molecular complexity index is 792. The van der Waals surface area contributed by atoms with Gasteiger partial charge >= 0.3 is 6.09 Å². The van der Waals surface area contributed by atoms with Crippen LogP contribution >= 0.6 is 0 Å². The van der Waals surface area contributed by atoms with Crippen molar-refractivity contribution >= 4 is 12.0 Å². The van der Waals surface area contributed by atoms with Gasteiger partial charge in [-0.3, -0.25) is 4.79 Å². The number of alkyl carbamates (subject to hydrolysis) is 1. The average Bonchev–Trinajstić information content (AvgIpc) is 3.29. The Labute approximate surface area is 172 Å². The van der Waals surface area contributed by atoms with E-state index in [0.717, 1.165) is 30.8 Å². The second-order valence-electron chi connectivity index (χ2n) is 7.36. The summed E-state index contributed by atoms with van der Waals surface area (Å²) in [6.45, 7) is 2.87. The molecule has 2 atom stereocenters. The second kappa shape index (κ2) is 10.1. The number of nitrogens with one attached hydrogen (secondary N) is 1. The molecule has 154 valence electrons. The highest BCUT2D eigenvalue weighted by molar-refractivity contribution is 5.87. The first kappa shape index (κ1) is 20.9. The van der Waals surface area contributed by atoms with Crippen LogP contribution in [0.4, 0.5) is 4.79 Å². The molecule has 1 aliphatic heterocycles. The van der Waals surface area contributed by atoms with Crippen molar-refractivity contribution in [1.29, 1.82) is 0 Å². The van der Waals surface area contributed by atoms with Gasteiger partial charge in [0.2, 0.25) is 5.91 Å². The van der Waals surface area contributed by atoms with Crippen LogP contribution in [0.2, 0.25) is 0 Å². The monoisotopic (exact) mass is 395 g/mol. The Morgan fingerprint density at radius 2 is 1.55 bits per heavy atom. The minimum Gasteiger partial charge on any atom is -0.453 e. The zero-order chi connectivity index (χ0) is 20.6. The molecule has 2 aromatic carbocycles. The fourth-order valence-corrected chi connectivity index (χ4v) is 3.80. The van der Waals surface area contributed by atoms with Crippen LogP contribution in [-0.2, 0) is 9.53 Å². The van der Waals surface area contributed by atoms with E-state index in [1.165, 1.54) is 20.0 Å². The fourth-order valence-electron chi connectivity index (χ4n) is 3.80. The molecule has 1 fully saturated rings. The highest BCUT2D eigenvalue weighted by Crippen LogP contribution is 2.26. The molecule has 2 aromatic rings. The van der Waals surface area contributed by atoms with Gasteiger partial charge in [-0.15, -0.1) is 0 Å². The summed E-state index contributed by atoms with van der Waals surface area (Å²) >= 11 is 0. The maximum Gasteiger partial charge on any atom is 0.407 e. The first-order valence-corrected chi connectivity index (χ1v) is 10.0. The van der Waals surface area contributed by atoms with Crippen LogP contribution in [0.1, 0.15) is 36.1 Å². The Balaban J connectivity index is 1.87. The van der Waals surface area contributed by atoms with Crippen LogP contribution in [0.25, 0.3) is 0 Å². The highest BCUT2D eigenvalue weighted by Gasteiger charge is 2.32. The van der Waals surface area contributed by atoms with E-state index in [4.69, 9.17) is 4.74 Å². The zero-order valence-electron chi connectivity index (χ0n) is 17.1. The molecule has 0 bridgehead atoms. The molecule has 1 saturated heterocycles. The largest absolute Gasteiger partial charge is 0.453 e. The van der Waals surface area contributed by atoms with Crippen LogP contribution in [0, 0.1) is 0 Å².